The van der Waals surface area contributed by atoms with Gasteiger partial charge in [-0.15, -0.1) is 0 Å². The Bertz CT molecular complexity index is 490. The summed E-state index contributed by atoms with van der Waals surface area (Å²) in [6, 6.07) is 0.831. The van der Waals surface area contributed by atoms with Crippen LogP contribution in [-0.4, -0.2) is 30.3 Å². The summed E-state index contributed by atoms with van der Waals surface area (Å²) in [5.41, 5.74) is 0.111. The molecule has 6 atom stereocenters. The molecule has 23 heavy (non-hydrogen) atoms. The van der Waals surface area contributed by atoms with Crippen molar-refractivity contribution in [1.82, 2.24) is 10.6 Å². The second kappa shape index (κ2) is 5.37. The molecule has 6 unspecified atom stereocenters. The van der Waals surface area contributed by atoms with Crippen LogP contribution in [0.3, 0.4) is 0 Å². The number of nitrogens with one attached hydrogen (secondary N) is 2. The van der Waals surface area contributed by atoms with Crippen LogP contribution in [-0.2, 0) is 4.74 Å². The topological polar surface area (TPSA) is 50.4 Å². The first-order valence-electron chi connectivity index (χ1n) is 9.93. The highest BCUT2D eigenvalue weighted by Crippen LogP contribution is 2.58. The Kier molecular flexibility index (Phi) is 3.40. The Morgan fingerprint density at radius 2 is 1.83 bits per heavy atom. The van der Waals surface area contributed by atoms with Crippen molar-refractivity contribution < 1.29 is 9.53 Å². The van der Waals surface area contributed by atoms with E-state index in [0.29, 0.717) is 12.1 Å². The van der Waals surface area contributed by atoms with E-state index in [1.165, 1.54) is 51.4 Å². The van der Waals surface area contributed by atoms with E-state index in [1.807, 2.05) is 0 Å². The first-order valence-corrected chi connectivity index (χ1v) is 9.93. The number of carbonyl (C=O) groups excluding carboxylic acids is 1. The summed E-state index contributed by atoms with van der Waals surface area (Å²) >= 11 is 0. The average molecular weight is 318 g/mol. The molecule has 1 saturated heterocycles. The van der Waals surface area contributed by atoms with Gasteiger partial charge in [0.25, 0.3) is 0 Å². The smallest absolute Gasteiger partial charge is 0.315 e. The number of urea groups is 1. The third-order valence-electron chi connectivity index (χ3n) is 7.84. The van der Waals surface area contributed by atoms with Crippen LogP contribution in [0.5, 0.6) is 0 Å². The molecule has 1 aliphatic heterocycles. The third-order valence-corrected chi connectivity index (χ3v) is 7.84. The molecule has 4 aliphatic carbocycles. The number of hydrogen-bond donors (Lipinski definition) is 2. The van der Waals surface area contributed by atoms with Crippen LogP contribution in [0, 0.1) is 23.7 Å². The van der Waals surface area contributed by atoms with Gasteiger partial charge < -0.3 is 15.4 Å². The number of amides is 2. The van der Waals surface area contributed by atoms with Crippen molar-refractivity contribution in [2.45, 2.75) is 81.9 Å². The SMILES string of the molecule is O=C(NC1CCOC2(CCC2)C1)NC1CC2CC1C1CCCC21. The van der Waals surface area contributed by atoms with Gasteiger partial charge in [-0.2, -0.15) is 0 Å². The largest absolute Gasteiger partial charge is 0.375 e. The predicted octanol–water partition coefficient (Wildman–Crippen LogP) is 3.21. The molecule has 1 spiro atoms. The second-order valence-corrected chi connectivity index (χ2v) is 8.95. The van der Waals surface area contributed by atoms with Crippen molar-refractivity contribution in [2.75, 3.05) is 6.61 Å². The quantitative estimate of drug-likeness (QED) is 0.821. The van der Waals surface area contributed by atoms with Crippen molar-refractivity contribution in [2.24, 2.45) is 23.7 Å². The second-order valence-electron chi connectivity index (χ2n) is 8.95. The number of carbonyl (C=O) groups is 1. The lowest BCUT2D eigenvalue weighted by Gasteiger charge is -2.47. The summed E-state index contributed by atoms with van der Waals surface area (Å²) in [6.45, 7) is 0.808. The minimum Gasteiger partial charge on any atom is -0.375 e. The maximum atomic E-state index is 12.5. The van der Waals surface area contributed by atoms with Crippen molar-refractivity contribution in [3.05, 3.63) is 0 Å². The summed E-state index contributed by atoms with van der Waals surface area (Å²) in [4.78, 5) is 12.5. The van der Waals surface area contributed by atoms with E-state index < -0.39 is 0 Å². The van der Waals surface area contributed by atoms with Gasteiger partial charge in [0.2, 0.25) is 0 Å². The van der Waals surface area contributed by atoms with Crippen LogP contribution in [0.4, 0.5) is 4.79 Å². The number of ether oxygens (including phenoxy) is 1. The number of rotatable bonds is 2. The van der Waals surface area contributed by atoms with E-state index in [4.69, 9.17) is 4.74 Å². The van der Waals surface area contributed by atoms with E-state index in [-0.39, 0.29) is 11.6 Å². The lowest BCUT2D eigenvalue weighted by molar-refractivity contribution is -0.134. The maximum Gasteiger partial charge on any atom is 0.315 e. The van der Waals surface area contributed by atoms with Crippen molar-refractivity contribution in [3.8, 4) is 0 Å². The van der Waals surface area contributed by atoms with Gasteiger partial charge in [-0.1, -0.05) is 6.42 Å². The molecule has 4 saturated carbocycles. The zero-order chi connectivity index (χ0) is 15.4. The zero-order valence-electron chi connectivity index (χ0n) is 14.1. The molecule has 4 heteroatoms. The van der Waals surface area contributed by atoms with Gasteiger partial charge in [0, 0.05) is 18.7 Å². The molecule has 5 aliphatic rings. The molecule has 0 aromatic carbocycles. The van der Waals surface area contributed by atoms with Crippen LogP contribution in [0.1, 0.15) is 64.2 Å². The predicted molar refractivity (Wildman–Crippen MR) is 88.1 cm³/mol. The van der Waals surface area contributed by atoms with Crippen molar-refractivity contribution in [3.63, 3.8) is 0 Å². The molecule has 0 aromatic heterocycles. The Morgan fingerprint density at radius 1 is 0.957 bits per heavy atom. The minimum atomic E-state index is 0.0819. The van der Waals surface area contributed by atoms with Gasteiger partial charge in [-0.3, -0.25) is 0 Å². The van der Waals surface area contributed by atoms with Crippen LogP contribution in [0.25, 0.3) is 0 Å². The molecule has 128 valence electrons. The third kappa shape index (κ3) is 2.40. The van der Waals surface area contributed by atoms with Gasteiger partial charge in [0.15, 0.2) is 0 Å². The highest BCUT2D eigenvalue weighted by molar-refractivity contribution is 5.74. The van der Waals surface area contributed by atoms with Gasteiger partial charge >= 0.3 is 6.03 Å². The fourth-order valence-corrected chi connectivity index (χ4v) is 6.70. The summed E-state index contributed by atoms with van der Waals surface area (Å²) in [5.74, 6) is 3.58. The summed E-state index contributed by atoms with van der Waals surface area (Å²) < 4.78 is 5.96. The van der Waals surface area contributed by atoms with Crippen LogP contribution in [0.2, 0.25) is 0 Å². The fraction of sp³-hybridized carbons (Fsp3) is 0.947. The van der Waals surface area contributed by atoms with E-state index in [1.54, 1.807) is 0 Å². The molecule has 2 N–H and O–H groups in total. The monoisotopic (exact) mass is 318 g/mol. The Hall–Kier alpha value is -0.770. The fourth-order valence-electron chi connectivity index (χ4n) is 6.70. The number of fused-ring (bicyclic) bond motifs is 5. The van der Waals surface area contributed by atoms with E-state index in [2.05, 4.69) is 10.6 Å². The number of hydrogen-bond acceptors (Lipinski definition) is 2. The van der Waals surface area contributed by atoms with Crippen LogP contribution in [0.15, 0.2) is 0 Å². The normalized spacial score (nSPS) is 46.4. The zero-order valence-corrected chi connectivity index (χ0v) is 14.1. The molecule has 0 aromatic rings. The van der Waals surface area contributed by atoms with E-state index in [9.17, 15) is 4.79 Å². The standard InChI is InChI=1S/C19H30N2O2/c22-18(20-13-5-8-23-19(11-13)6-2-7-19)21-17-10-12-9-16(17)15-4-1-3-14(12)15/h12-17H,1-11H2,(H2,20,21,22). The first kappa shape index (κ1) is 14.6. The molecule has 2 bridgehead atoms. The summed E-state index contributed by atoms with van der Waals surface area (Å²) in [7, 11) is 0. The molecule has 2 amide bonds. The molecular formula is C19H30N2O2. The highest BCUT2D eigenvalue weighted by Gasteiger charge is 2.54. The Balaban J connectivity index is 1.15. The van der Waals surface area contributed by atoms with Gasteiger partial charge in [-0.25, -0.2) is 4.79 Å². The summed E-state index contributed by atoms with van der Waals surface area (Å²) in [5, 5.41) is 6.60. The van der Waals surface area contributed by atoms with Gasteiger partial charge in [-0.05, 0) is 81.5 Å². The highest BCUT2D eigenvalue weighted by atomic mass is 16.5. The Labute approximate surface area is 139 Å². The van der Waals surface area contributed by atoms with E-state index >= 15 is 0 Å². The molecule has 5 fully saturated rings. The Morgan fingerprint density at radius 3 is 2.65 bits per heavy atom. The molecular weight excluding hydrogens is 288 g/mol. The summed E-state index contributed by atoms with van der Waals surface area (Å²) in [6.07, 6.45) is 12.5. The van der Waals surface area contributed by atoms with Gasteiger partial charge in [0.1, 0.15) is 0 Å². The average Bonchev–Trinajstić information content (AvgIpc) is 3.17. The minimum absolute atomic E-state index is 0.0819. The molecule has 5 rings (SSSR count). The molecule has 4 nitrogen and oxygen atoms in total. The van der Waals surface area contributed by atoms with Crippen molar-refractivity contribution in [1.29, 1.82) is 0 Å². The van der Waals surface area contributed by atoms with Gasteiger partial charge in [0.05, 0.1) is 5.60 Å². The molecule has 1 heterocycles. The van der Waals surface area contributed by atoms with Crippen LogP contribution >= 0.6 is 0 Å². The maximum absolute atomic E-state index is 12.5. The first-order chi connectivity index (χ1) is 11.2. The van der Waals surface area contributed by atoms with Crippen LogP contribution < -0.4 is 10.6 Å². The van der Waals surface area contributed by atoms with Crippen molar-refractivity contribution >= 4 is 6.03 Å². The van der Waals surface area contributed by atoms with E-state index in [0.717, 1.165) is 43.1 Å². The lowest BCUT2D eigenvalue weighted by atomic mass is 9.74. The molecule has 0 radical (unpaired) electrons. The lowest BCUT2D eigenvalue weighted by Crippen LogP contribution is -2.55.